The maximum atomic E-state index is 9.37. The molecule has 1 N–H and O–H groups in total. The van der Waals surface area contributed by atoms with Gasteiger partial charge < -0.3 is 5.11 Å². The number of aliphatic hydroxyl groups is 1. The second-order valence-corrected chi connectivity index (χ2v) is 2.36. The van der Waals surface area contributed by atoms with Gasteiger partial charge in [-0.3, -0.25) is 0 Å². The monoisotopic (exact) mass is 140 g/mol. The van der Waals surface area contributed by atoms with Crippen molar-refractivity contribution in [3.8, 4) is 0 Å². The molecule has 1 heteroatoms. The van der Waals surface area contributed by atoms with E-state index in [-0.39, 0.29) is 6.10 Å². The fraction of sp³-hybridized carbons (Fsp3) is 0.667. The van der Waals surface area contributed by atoms with Gasteiger partial charge in [0, 0.05) is 0 Å². The summed E-state index contributed by atoms with van der Waals surface area (Å²) in [6.45, 7) is 7.57. The van der Waals surface area contributed by atoms with Crippen molar-refractivity contribution in [3.63, 3.8) is 0 Å². The third-order valence-electron chi connectivity index (χ3n) is 1.57. The summed E-state index contributed by atoms with van der Waals surface area (Å²) in [4.78, 5) is 0. The van der Waals surface area contributed by atoms with Crippen LogP contribution >= 0.6 is 0 Å². The Kier molecular flexibility index (Phi) is 5.00. The zero-order valence-electron chi connectivity index (χ0n) is 6.85. The molecular formula is C9H16O. The highest BCUT2D eigenvalue weighted by Gasteiger charge is 2.05. The smallest absolute Gasteiger partial charge is 0.0823 e. The minimum absolute atomic E-state index is 0.313. The van der Waals surface area contributed by atoms with Crippen LogP contribution in [-0.4, -0.2) is 11.2 Å². The highest BCUT2D eigenvalue weighted by Crippen LogP contribution is 2.09. The predicted molar refractivity (Wildman–Crippen MR) is 43.9 cm³/mol. The van der Waals surface area contributed by atoms with Gasteiger partial charge in [-0.2, -0.15) is 0 Å². The van der Waals surface area contributed by atoms with Gasteiger partial charge in [-0.25, -0.2) is 0 Å². The van der Waals surface area contributed by atoms with Gasteiger partial charge in [-0.15, -0.1) is 5.73 Å². The zero-order chi connectivity index (χ0) is 7.98. The minimum atomic E-state index is -0.313. The van der Waals surface area contributed by atoms with Crippen LogP contribution < -0.4 is 0 Å². The first kappa shape index (κ1) is 9.48. The normalized spacial score (nSPS) is 12.3. The summed E-state index contributed by atoms with van der Waals surface area (Å²) in [5.74, 6) is 0. The molecule has 0 heterocycles. The first-order valence-electron chi connectivity index (χ1n) is 3.83. The Hall–Kier alpha value is -0.520. The van der Waals surface area contributed by atoms with Gasteiger partial charge in [0.1, 0.15) is 0 Å². The van der Waals surface area contributed by atoms with E-state index in [4.69, 9.17) is 0 Å². The average molecular weight is 140 g/mol. The molecule has 0 aromatic heterocycles. The molecule has 1 nitrogen and oxygen atoms in total. The lowest BCUT2D eigenvalue weighted by atomic mass is 10.0. The van der Waals surface area contributed by atoms with Crippen LogP contribution in [0.1, 0.15) is 33.1 Å². The van der Waals surface area contributed by atoms with E-state index in [9.17, 15) is 5.11 Å². The van der Waals surface area contributed by atoms with Crippen LogP contribution in [0.3, 0.4) is 0 Å². The highest BCUT2D eigenvalue weighted by atomic mass is 16.3. The molecule has 58 valence electrons. The summed E-state index contributed by atoms with van der Waals surface area (Å²) in [6, 6.07) is 0. The van der Waals surface area contributed by atoms with Crippen molar-refractivity contribution in [1.82, 2.24) is 0 Å². The lowest BCUT2D eigenvalue weighted by Gasteiger charge is -2.08. The Balaban J connectivity index is 3.90. The van der Waals surface area contributed by atoms with Gasteiger partial charge in [-0.1, -0.05) is 26.8 Å². The Morgan fingerprint density at radius 1 is 1.60 bits per heavy atom. The molecule has 0 rings (SSSR count). The molecule has 0 aliphatic rings. The summed E-state index contributed by atoms with van der Waals surface area (Å²) in [7, 11) is 0. The van der Waals surface area contributed by atoms with E-state index in [1.54, 1.807) is 0 Å². The van der Waals surface area contributed by atoms with Crippen molar-refractivity contribution < 1.29 is 5.11 Å². The quantitative estimate of drug-likeness (QED) is 0.594. The Morgan fingerprint density at radius 2 is 2.20 bits per heavy atom. The Morgan fingerprint density at radius 3 is 2.50 bits per heavy atom. The van der Waals surface area contributed by atoms with Crippen LogP contribution in [0, 0.1) is 0 Å². The number of hydrogen-bond donors (Lipinski definition) is 1. The summed E-state index contributed by atoms with van der Waals surface area (Å²) in [6.07, 6.45) is 2.37. The molecule has 0 aromatic rings. The van der Waals surface area contributed by atoms with Crippen LogP contribution in [0.15, 0.2) is 17.9 Å². The van der Waals surface area contributed by atoms with Gasteiger partial charge in [0.2, 0.25) is 0 Å². The number of rotatable bonds is 4. The Bertz CT molecular complexity index is 132. The van der Waals surface area contributed by atoms with Crippen molar-refractivity contribution in [2.75, 3.05) is 0 Å². The highest BCUT2D eigenvalue weighted by molar-refractivity contribution is 5.04. The van der Waals surface area contributed by atoms with Gasteiger partial charge in [0.15, 0.2) is 0 Å². The van der Waals surface area contributed by atoms with Crippen molar-refractivity contribution in [1.29, 1.82) is 0 Å². The third kappa shape index (κ3) is 2.86. The van der Waals surface area contributed by atoms with Crippen LogP contribution in [0.5, 0.6) is 0 Å². The number of aliphatic hydroxyl groups excluding tert-OH is 1. The topological polar surface area (TPSA) is 20.2 Å². The predicted octanol–water partition coefficient (Wildman–Crippen LogP) is 2.27. The van der Waals surface area contributed by atoms with Gasteiger partial charge >= 0.3 is 0 Å². The lowest BCUT2D eigenvalue weighted by molar-refractivity contribution is 0.196. The summed E-state index contributed by atoms with van der Waals surface area (Å²) < 4.78 is 0. The van der Waals surface area contributed by atoms with Gasteiger partial charge in [0.05, 0.1) is 6.10 Å². The molecule has 0 radical (unpaired) electrons. The van der Waals surface area contributed by atoms with Gasteiger partial charge in [0.25, 0.3) is 0 Å². The maximum absolute atomic E-state index is 9.37. The first-order valence-corrected chi connectivity index (χ1v) is 3.83. The molecule has 0 saturated heterocycles. The second kappa shape index (κ2) is 5.28. The fourth-order valence-corrected chi connectivity index (χ4v) is 0.926. The molecule has 10 heavy (non-hydrogen) atoms. The van der Waals surface area contributed by atoms with Crippen LogP contribution in [0.2, 0.25) is 0 Å². The largest absolute Gasteiger partial charge is 0.388 e. The Labute approximate surface area is 63.1 Å². The van der Waals surface area contributed by atoms with Gasteiger partial charge in [-0.05, 0) is 18.4 Å². The van der Waals surface area contributed by atoms with E-state index in [1.807, 2.05) is 6.92 Å². The second-order valence-electron chi connectivity index (χ2n) is 2.36. The van der Waals surface area contributed by atoms with E-state index in [2.05, 4.69) is 19.2 Å². The molecule has 0 saturated carbocycles. The summed E-state index contributed by atoms with van der Waals surface area (Å²) in [5, 5.41) is 9.37. The van der Waals surface area contributed by atoms with E-state index in [1.165, 1.54) is 0 Å². The standard InChI is InChI=1S/C9H16O/c1-4-7-9(10)8(5-2)6-3/h9-10H,2,4,6-7H2,1,3H3. The van der Waals surface area contributed by atoms with Crippen molar-refractivity contribution in [2.45, 2.75) is 39.2 Å². The summed E-state index contributed by atoms with van der Waals surface area (Å²) in [5.41, 5.74) is 3.69. The van der Waals surface area contributed by atoms with Crippen LogP contribution in [-0.2, 0) is 0 Å². The van der Waals surface area contributed by atoms with E-state index < -0.39 is 0 Å². The molecule has 0 aliphatic carbocycles. The summed E-state index contributed by atoms with van der Waals surface area (Å²) >= 11 is 0. The molecule has 1 atom stereocenters. The molecule has 0 spiro atoms. The lowest BCUT2D eigenvalue weighted by Crippen LogP contribution is -2.07. The van der Waals surface area contributed by atoms with E-state index in [0.29, 0.717) is 0 Å². The molecule has 0 aromatic carbocycles. The van der Waals surface area contributed by atoms with E-state index >= 15 is 0 Å². The van der Waals surface area contributed by atoms with Crippen LogP contribution in [0.25, 0.3) is 0 Å². The zero-order valence-corrected chi connectivity index (χ0v) is 6.85. The van der Waals surface area contributed by atoms with Crippen molar-refractivity contribution in [2.24, 2.45) is 0 Å². The molecular weight excluding hydrogens is 124 g/mol. The molecule has 0 aliphatic heterocycles. The van der Waals surface area contributed by atoms with Crippen LogP contribution in [0.4, 0.5) is 0 Å². The molecule has 0 fully saturated rings. The minimum Gasteiger partial charge on any atom is -0.388 e. The molecule has 1 unspecified atom stereocenters. The van der Waals surface area contributed by atoms with Crippen molar-refractivity contribution >= 4 is 0 Å². The third-order valence-corrected chi connectivity index (χ3v) is 1.57. The first-order chi connectivity index (χ1) is 4.76. The van der Waals surface area contributed by atoms with E-state index in [0.717, 1.165) is 24.8 Å². The van der Waals surface area contributed by atoms with Crippen molar-refractivity contribution in [3.05, 3.63) is 17.9 Å². The fourth-order valence-electron chi connectivity index (χ4n) is 0.926. The SMILES string of the molecule is C=C=C(CC)C(O)CCC. The molecule has 0 amide bonds. The molecule has 0 bridgehead atoms. The number of hydrogen-bond acceptors (Lipinski definition) is 1. The average Bonchev–Trinajstić information content (AvgIpc) is 1.91. The maximum Gasteiger partial charge on any atom is 0.0823 e.